The predicted octanol–water partition coefficient (Wildman–Crippen LogP) is 4.77. The molecule has 2 heterocycles. The van der Waals surface area contributed by atoms with Gasteiger partial charge >= 0.3 is 0 Å². The number of halogens is 1. The third kappa shape index (κ3) is 3.09. The number of nitrogens with zero attached hydrogens (tertiary/aromatic N) is 4. The van der Waals surface area contributed by atoms with Gasteiger partial charge in [-0.15, -0.1) is 5.10 Å². The molecule has 25 heavy (non-hydrogen) atoms. The second-order valence-electron chi connectivity index (χ2n) is 6.30. The molecule has 6 heteroatoms. The molecule has 0 saturated heterocycles. The average molecular weight is 396 g/mol. The maximum Gasteiger partial charge on any atom is 0.252 e. The summed E-state index contributed by atoms with van der Waals surface area (Å²) in [5, 5.41) is 11.7. The second kappa shape index (κ2) is 6.44. The van der Waals surface area contributed by atoms with Crippen molar-refractivity contribution in [1.82, 2.24) is 15.2 Å². The number of hydrogen-bond donors (Lipinski definition) is 1. The van der Waals surface area contributed by atoms with Crippen LogP contribution in [0.2, 0.25) is 0 Å². The van der Waals surface area contributed by atoms with Crippen LogP contribution in [-0.2, 0) is 6.42 Å². The summed E-state index contributed by atoms with van der Waals surface area (Å²) in [6.07, 6.45) is 2.63. The molecule has 1 aliphatic rings. The molecule has 1 N–H and O–H groups in total. The van der Waals surface area contributed by atoms with Crippen LogP contribution in [0.3, 0.4) is 0 Å². The summed E-state index contributed by atoms with van der Waals surface area (Å²) >= 11 is 3.58. The summed E-state index contributed by atoms with van der Waals surface area (Å²) < 4.78 is 0.993. The first-order chi connectivity index (χ1) is 12.1. The lowest BCUT2D eigenvalue weighted by Crippen LogP contribution is -2.26. The number of aryl methyl sites for hydroxylation is 1. The van der Waals surface area contributed by atoms with Gasteiger partial charge in [0.2, 0.25) is 0 Å². The Morgan fingerprint density at radius 3 is 2.88 bits per heavy atom. The van der Waals surface area contributed by atoms with E-state index in [1.165, 1.54) is 11.1 Å². The molecule has 126 valence electrons. The fourth-order valence-electron chi connectivity index (χ4n) is 3.19. The molecule has 4 rings (SSSR count). The fraction of sp³-hybridized carbons (Fsp3) is 0.211. The number of hydrogen-bond acceptors (Lipinski definition) is 5. The van der Waals surface area contributed by atoms with Crippen molar-refractivity contribution in [3.05, 3.63) is 64.3 Å². The Balaban J connectivity index is 1.66. The number of benzene rings is 2. The molecule has 0 saturated carbocycles. The summed E-state index contributed by atoms with van der Waals surface area (Å²) in [4.78, 5) is 6.83. The van der Waals surface area contributed by atoms with E-state index in [1.54, 1.807) is 6.20 Å². The second-order valence-corrected chi connectivity index (χ2v) is 7.16. The van der Waals surface area contributed by atoms with Gasteiger partial charge in [0.25, 0.3) is 5.95 Å². The molecule has 2 aromatic carbocycles. The summed E-state index contributed by atoms with van der Waals surface area (Å²) in [5.41, 5.74) is 4.62. The van der Waals surface area contributed by atoms with Gasteiger partial charge in [-0.3, -0.25) is 0 Å². The predicted molar refractivity (Wildman–Crippen MR) is 104 cm³/mol. The topological polar surface area (TPSA) is 53.9 Å². The Hall–Kier alpha value is -2.47. The first kappa shape index (κ1) is 16.0. The van der Waals surface area contributed by atoms with Gasteiger partial charge in [0.1, 0.15) is 0 Å². The minimum Gasteiger partial charge on any atom is -0.338 e. The van der Waals surface area contributed by atoms with Crippen LogP contribution in [0.4, 0.5) is 23.1 Å². The normalized spacial score (nSPS) is 16.0. The highest BCUT2D eigenvalue weighted by atomic mass is 79.9. The Labute approximate surface area is 155 Å². The van der Waals surface area contributed by atoms with E-state index in [1.807, 2.05) is 12.1 Å². The lowest BCUT2D eigenvalue weighted by Gasteiger charge is -2.22. The standard InChI is InChI=1S/C19H18BrN5/c1-12-7-8-16(15(20)9-12)22-18-11-21-24-19(23-18)25-13(2)10-14-5-3-4-6-17(14)25/h3-9,11,13H,10H2,1-2H3,(H,22,23,24). The number of aromatic nitrogens is 3. The molecule has 5 nitrogen and oxygen atoms in total. The van der Waals surface area contributed by atoms with Gasteiger partial charge in [-0.2, -0.15) is 10.1 Å². The van der Waals surface area contributed by atoms with Crippen molar-refractivity contribution < 1.29 is 0 Å². The molecule has 1 aliphatic heterocycles. The molecule has 0 fully saturated rings. The van der Waals surface area contributed by atoms with Crippen molar-refractivity contribution >= 4 is 39.1 Å². The average Bonchev–Trinajstić information content (AvgIpc) is 2.93. The third-order valence-electron chi connectivity index (χ3n) is 4.36. The van der Waals surface area contributed by atoms with Crippen LogP contribution in [-0.4, -0.2) is 21.2 Å². The maximum atomic E-state index is 4.68. The monoisotopic (exact) mass is 395 g/mol. The van der Waals surface area contributed by atoms with Gasteiger partial charge < -0.3 is 10.2 Å². The quantitative estimate of drug-likeness (QED) is 0.691. The maximum absolute atomic E-state index is 4.68. The van der Waals surface area contributed by atoms with E-state index in [0.29, 0.717) is 17.8 Å². The van der Waals surface area contributed by atoms with Gasteiger partial charge in [0, 0.05) is 16.2 Å². The minimum atomic E-state index is 0.306. The minimum absolute atomic E-state index is 0.306. The Morgan fingerprint density at radius 2 is 2.04 bits per heavy atom. The largest absolute Gasteiger partial charge is 0.338 e. The molecule has 0 radical (unpaired) electrons. The molecular formula is C19H18BrN5. The SMILES string of the molecule is Cc1ccc(Nc2cnnc(N3c4ccccc4CC3C)n2)c(Br)c1. The number of para-hydroxylation sites is 1. The smallest absolute Gasteiger partial charge is 0.252 e. The molecule has 0 bridgehead atoms. The van der Waals surface area contributed by atoms with E-state index in [0.717, 1.165) is 22.3 Å². The van der Waals surface area contributed by atoms with Gasteiger partial charge in [0.05, 0.1) is 11.9 Å². The fourth-order valence-corrected chi connectivity index (χ4v) is 3.78. The summed E-state index contributed by atoms with van der Waals surface area (Å²) in [6.45, 7) is 4.24. The molecule has 3 aromatic rings. The van der Waals surface area contributed by atoms with Crippen molar-refractivity contribution in [1.29, 1.82) is 0 Å². The van der Waals surface area contributed by atoms with Crippen LogP contribution in [0, 0.1) is 6.92 Å². The van der Waals surface area contributed by atoms with Crippen LogP contribution < -0.4 is 10.2 Å². The molecule has 0 spiro atoms. The van der Waals surface area contributed by atoms with E-state index < -0.39 is 0 Å². The van der Waals surface area contributed by atoms with Gasteiger partial charge in [0.15, 0.2) is 5.82 Å². The molecule has 1 unspecified atom stereocenters. The van der Waals surface area contributed by atoms with E-state index in [4.69, 9.17) is 0 Å². The van der Waals surface area contributed by atoms with Gasteiger partial charge in [-0.05, 0) is 65.5 Å². The molecule has 0 amide bonds. The number of rotatable bonds is 3. The van der Waals surface area contributed by atoms with Crippen molar-refractivity contribution in [3.8, 4) is 0 Å². The molecular weight excluding hydrogens is 378 g/mol. The van der Waals surface area contributed by atoms with Crippen LogP contribution >= 0.6 is 15.9 Å². The highest BCUT2D eigenvalue weighted by Gasteiger charge is 2.29. The van der Waals surface area contributed by atoms with Crippen LogP contribution in [0.5, 0.6) is 0 Å². The Kier molecular flexibility index (Phi) is 4.13. The zero-order chi connectivity index (χ0) is 17.4. The van der Waals surface area contributed by atoms with Crippen molar-refractivity contribution in [2.75, 3.05) is 10.2 Å². The molecule has 1 atom stereocenters. The van der Waals surface area contributed by atoms with Crippen LogP contribution in [0.1, 0.15) is 18.1 Å². The first-order valence-electron chi connectivity index (χ1n) is 8.22. The van der Waals surface area contributed by atoms with E-state index in [2.05, 4.69) is 85.5 Å². The van der Waals surface area contributed by atoms with E-state index in [-0.39, 0.29) is 0 Å². The molecule has 1 aromatic heterocycles. The third-order valence-corrected chi connectivity index (χ3v) is 5.01. The summed E-state index contributed by atoms with van der Waals surface area (Å²) in [5.74, 6) is 1.29. The Morgan fingerprint density at radius 1 is 1.20 bits per heavy atom. The van der Waals surface area contributed by atoms with Crippen molar-refractivity contribution in [2.24, 2.45) is 0 Å². The summed E-state index contributed by atoms with van der Waals surface area (Å²) in [6, 6.07) is 14.8. The number of fused-ring (bicyclic) bond motifs is 1. The van der Waals surface area contributed by atoms with E-state index >= 15 is 0 Å². The lowest BCUT2D eigenvalue weighted by atomic mass is 10.1. The van der Waals surface area contributed by atoms with Crippen molar-refractivity contribution in [2.45, 2.75) is 26.3 Å². The van der Waals surface area contributed by atoms with Gasteiger partial charge in [-0.25, -0.2) is 0 Å². The Bertz CT molecular complexity index is 927. The zero-order valence-electron chi connectivity index (χ0n) is 14.1. The number of anilines is 4. The zero-order valence-corrected chi connectivity index (χ0v) is 15.7. The number of nitrogens with one attached hydrogen (secondary N) is 1. The van der Waals surface area contributed by atoms with Crippen molar-refractivity contribution in [3.63, 3.8) is 0 Å². The molecule has 0 aliphatic carbocycles. The highest BCUT2D eigenvalue weighted by molar-refractivity contribution is 9.10. The van der Waals surface area contributed by atoms with Gasteiger partial charge in [-0.1, -0.05) is 24.3 Å². The lowest BCUT2D eigenvalue weighted by molar-refractivity contribution is 0.730. The van der Waals surface area contributed by atoms with Crippen LogP contribution in [0.15, 0.2) is 53.1 Å². The summed E-state index contributed by atoms with van der Waals surface area (Å²) in [7, 11) is 0. The van der Waals surface area contributed by atoms with E-state index in [9.17, 15) is 0 Å². The highest BCUT2D eigenvalue weighted by Crippen LogP contribution is 2.36. The van der Waals surface area contributed by atoms with Crippen LogP contribution in [0.25, 0.3) is 0 Å². The first-order valence-corrected chi connectivity index (χ1v) is 9.01.